The molecule has 0 fully saturated rings. The molecule has 1 rings (SSSR count). The molecule has 0 aliphatic carbocycles. The van der Waals surface area contributed by atoms with Gasteiger partial charge in [0.2, 0.25) is 5.91 Å². The molecule has 1 aromatic carbocycles. The first-order valence-corrected chi connectivity index (χ1v) is 4.74. The molecule has 0 unspecified atom stereocenters. The molecule has 14 heavy (non-hydrogen) atoms. The molecule has 1 aromatic rings. The summed E-state index contributed by atoms with van der Waals surface area (Å²) in [5.74, 6) is -0.385. The largest absolute Gasteiger partial charge is 0.366 e. The van der Waals surface area contributed by atoms with Crippen LogP contribution < -0.4 is 11.5 Å². The van der Waals surface area contributed by atoms with Crippen LogP contribution in [0, 0.1) is 0 Å². The third kappa shape index (κ3) is 3.18. The summed E-state index contributed by atoms with van der Waals surface area (Å²) in [4.78, 5) is 10.8. The smallest absolute Gasteiger partial charge is 0.248 e. The Labute approximate surface area is 84.1 Å². The van der Waals surface area contributed by atoms with Crippen LogP contribution in [-0.4, -0.2) is 11.9 Å². The molecule has 0 bridgehead atoms. The minimum Gasteiger partial charge on any atom is -0.366 e. The Kier molecular flexibility index (Phi) is 3.65. The van der Waals surface area contributed by atoms with Crippen molar-refractivity contribution in [1.29, 1.82) is 0 Å². The van der Waals surface area contributed by atoms with Crippen molar-refractivity contribution in [3.8, 4) is 0 Å². The number of amides is 1. The highest BCUT2D eigenvalue weighted by molar-refractivity contribution is 5.92. The van der Waals surface area contributed by atoms with Crippen LogP contribution in [0.5, 0.6) is 0 Å². The van der Waals surface area contributed by atoms with Crippen molar-refractivity contribution in [2.24, 2.45) is 11.5 Å². The van der Waals surface area contributed by atoms with Crippen LogP contribution in [0.3, 0.4) is 0 Å². The second-order valence-electron chi connectivity index (χ2n) is 3.58. The number of rotatable bonds is 4. The van der Waals surface area contributed by atoms with E-state index in [1.807, 2.05) is 19.1 Å². The summed E-state index contributed by atoms with van der Waals surface area (Å²) in [6, 6.07) is 7.55. The maximum atomic E-state index is 10.8. The van der Waals surface area contributed by atoms with Crippen LogP contribution in [0.15, 0.2) is 24.3 Å². The van der Waals surface area contributed by atoms with E-state index in [9.17, 15) is 4.79 Å². The molecule has 1 amide bonds. The Morgan fingerprint density at radius 3 is 2.36 bits per heavy atom. The number of aryl methyl sites for hydroxylation is 1. The van der Waals surface area contributed by atoms with Gasteiger partial charge in [-0.25, -0.2) is 0 Å². The van der Waals surface area contributed by atoms with E-state index in [0.29, 0.717) is 5.56 Å². The lowest BCUT2D eigenvalue weighted by Crippen LogP contribution is -2.15. The van der Waals surface area contributed by atoms with Gasteiger partial charge in [0, 0.05) is 11.6 Å². The average molecular weight is 192 g/mol. The molecule has 0 aliphatic rings. The lowest BCUT2D eigenvalue weighted by molar-refractivity contribution is 0.100. The summed E-state index contributed by atoms with van der Waals surface area (Å²) < 4.78 is 0. The molecule has 0 heterocycles. The average Bonchev–Trinajstić information content (AvgIpc) is 2.15. The van der Waals surface area contributed by atoms with E-state index in [0.717, 1.165) is 12.8 Å². The van der Waals surface area contributed by atoms with Crippen LogP contribution in [-0.2, 0) is 6.42 Å². The van der Waals surface area contributed by atoms with Crippen molar-refractivity contribution < 1.29 is 4.79 Å². The number of hydrogen-bond acceptors (Lipinski definition) is 2. The van der Waals surface area contributed by atoms with Gasteiger partial charge >= 0.3 is 0 Å². The van der Waals surface area contributed by atoms with Gasteiger partial charge in [-0.15, -0.1) is 0 Å². The number of benzene rings is 1. The third-order valence-electron chi connectivity index (χ3n) is 2.13. The van der Waals surface area contributed by atoms with E-state index < -0.39 is 0 Å². The van der Waals surface area contributed by atoms with Crippen molar-refractivity contribution in [3.63, 3.8) is 0 Å². The summed E-state index contributed by atoms with van der Waals surface area (Å²) in [6.45, 7) is 1.98. The molecule has 76 valence electrons. The topological polar surface area (TPSA) is 69.1 Å². The molecule has 3 heteroatoms. The highest BCUT2D eigenvalue weighted by Crippen LogP contribution is 2.07. The highest BCUT2D eigenvalue weighted by atomic mass is 16.1. The normalized spacial score (nSPS) is 12.4. The predicted molar refractivity (Wildman–Crippen MR) is 56.9 cm³/mol. The lowest BCUT2D eigenvalue weighted by atomic mass is 10.0. The van der Waals surface area contributed by atoms with Gasteiger partial charge < -0.3 is 11.5 Å². The first kappa shape index (κ1) is 10.7. The summed E-state index contributed by atoms with van der Waals surface area (Å²) in [7, 11) is 0. The molecule has 4 N–H and O–H groups in total. The van der Waals surface area contributed by atoms with Crippen molar-refractivity contribution in [2.75, 3.05) is 0 Å². The number of carbonyl (C=O) groups is 1. The van der Waals surface area contributed by atoms with Crippen molar-refractivity contribution in [2.45, 2.75) is 25.8 Å². The fourth-order valence-corrected chi connectivity index (χ4v) is 1.23. The summed E-state index contributed by atoms with van der Waals surface area (Å²) in [5.41, 5.74) is 12.5. The van der Waals surface area contributed by atoms with Gasteiger partial charge in [0.05, 0.1) is 0 Å². The minimum absolute atomic E-state index is 0.214. The van der Waals surface area contributed by atoms with Gasteiger partial charge in [0.25, 0.3) is 0 Å². The molecule has 0 saturated carbocycles. The summed E-state index contributed by atoms with van der Waals surface area (Å²) in [6.07, 6.45) is 1.90. The molecule has 0 saturated heterocycles. The predicted octanol–water partition coefficient (Wildman–Crippen LogP) is 1.07. The quantitative estimate of drug-likeness (QED) is 0.749. The summed E-state index contributed by atoms with van der Waals surface area (Å²) in [5, 5.41) is 0. The molecular formula is C11H16N2O. The third-order valence-corrected chi connectivity index (χ3v) is 2.13. The number of nitrogens with two attached hydrogens (primary N) is 2. The Morgan fingerprint density at radius 2 is 1.93 bits per heavy atom. The molecule has 0 aliphatic heterocycles. The Balaban J connectivity index is 2.60. The van der Waals surface area contributed by atoms with Gasteiger partial charge in [-0.1, -0.05) is 12.1 Å². The molecule has 0 spiro atoms. The van der Waals surface area contributed by atoms with Crippen molar-refractivity contribution in [3.05, 3.63) is 35.4 Å². The molecule has 1 atom stereocenters. The van der Waals surface area contributed by atoms with Crippen LogP contribution in [0.2, 0.25) is 0 Å². The first-order valence-electron chi connectivity index (χ1n) is 4.74. The zero-order valence-electron chi connectivity index (χ0n) is 8.36. The van der Waals surface area contributed by atoms with E-state index in [4.69, 9.17) is 11.5 Å². The lowest BCUT2D eigenvalue weighted by Gasteiger charge is -2.05. The minimum atomic E-state index is -0.385. The zero-order chi connectivity index (χ0) is 10.6. The molecule has 3 nitrogen and oxygen atoms in total. The van der Waals surface area contributed by atoms with Gasteiger partial charge in [0.1, 0.15) is 0 Å². The number of primary amides is 1. The van der Waals surface area contributed by atoms with Crippen molar-refractivity contribution in [1.82, 2.24) is 0 Å². The van der Waals surface area contributed by atoms with Crippen molar-refractivity contribution >= 4 is 5.91 Å². The van der Waals surface area contributed by atoms with E-state index >= 15 is 0 Å². The standard InChI is InChI=1S/C11H16N2O/c1-8(12)2-3-9-4-6-10(7-5-9)11(13)14/h4-8H,2-3,12H2,1H3,(H2,13,14)/t8-/m0/s1. The Morgan fingerprint density at radius 1 is 1.36 bits per heavy atom. The SMILES string of the molecule is C[C@H](N)CCc1ccc(C(N)=O)cc1. The van der Waals surface area contributed by atoms with E-state index in [1.165, 1.54) is 5.56 Å². The Bertz CT molecular complexity index is 304. The van der Waals surface area contributed by atoms with Crippen LogP contribution in [0.4, 0.5) is 0 Å². The molecule has 0 aromatic heterocycles. The maximum Gasteiger partial charge on any atom is 0.248 e. The molecule has 0 radical (unpaired) electrons. The van der Waals surface area contributed by atoms with Gasteiger partial charge in [0.15, 0.2) is 0 Å². The van der Waals surface area contributed by atoms with E-state index in [2.05, 4.69) is 0 Å². The van der Waals surface area contributed by atoms with Gasteiger partial charge in [-0.2, -0.15) is 0 Å². The van der Waals surface area contributed by atoms with Crippen LogP contribution in [0.1, 0.15) is 29.3 Å². The second kappa shape index (κ2) is 4.77. The van der Waals surface area contributed by atoms with Gasteiger partial charge in [-0.3, -0.25) is 4.79 Å². The van der Waals surface area contributed by atoms with Gasteiger partial charge in [-0.05, 0) is 37.5 Å². The molecular weight excluding hydrogens is 176 g/mol. The monoisotopic (exact) mass is 192 g/mol. The fraction of sp³-hybridized carbons (Fsp3) is 0.364. The van der Waals surface area contributed by atoms with E-state index in [-0.39, 0.29) is 11.9 Å². The van der Waals surface area contributed by atoms with Crippen LogP contribution >= 0.6 is 0 Å². The fourth-order valence-electron chi connectivity index (χ4n) is 1.23. The maximum absolute atomic E-state index is 10.8. The second-order valence-corrected chi connectivity index (χ2v) is 3.58. The van der Waals surface area contributed by atoms with Crippen LogP contribution in [0.25, 0.3) is 0 Å². The summed E-state index contributed by atoms with van der Waals surface area (Å²) >= 11 is 0. The highest BCUT2D eigenvalue weighted by Gasteiger charge is 2.00. The number of carbonyl (C=O) groups excluding carboxylic acids is 1. The Hall–Kier alpha value is -1.35. The first-order chi connectivity index (χ1) is 6.59. The number of hydrogen-bond donors (Lipinski definition) is 2. The zero-order valence-corrected chi connectivity index (χ0v) is 8.36. The van der Waals surface area contributed by atoms with E-state index in [1.54, 1.807) is 12.1 Å².